The number of carbonyl (C=O) groups excluding carboxylic acids is 2. The van der Waals surface area contributed by atoms with E-state index in [1.165, 1.54) is 7.11 Å². The van der Waals surface area contributed by atoms with Crippen molar-refractivity contribution in [3.05, 3.63) is 23.9 Å². The van der Waals surface area contributed by atoms with Crippen LogP contribution >= 0.6 is 0 Å². The van der Waals surface area contributed by atoms with E-state index in [-0.39, 0.29) is 17.9 Å². The molecule has 4 heteroatoms. The minimum Gasteiger partial charge on any atom is -0.464 e. The summed E-state index contributed by atoms with van der Waals surface area (Å²) in [5, 5.41) is 0. The third kappa shape index (κ3) is 2.33. The molecule has 1 aliphatic heterocycles. The molecule has 0 N–H and O–H groups in total. The van der Waals surface area contributed by atoms with Crippen LogP contribution in [0.2, 0.25) is 0 Å². The predicted octanol–water partition coefficient (Wildman–Crippen LogP) is 2.27. The summed E-state index contributed by atoms with van der Waals surface area (Å²) < 4.78 is 4.76. The quantitative estimate of drug-likeness (QED) is 0.326. The molecule has 0 radical (unpaired) electrons. The highest BCUT2D eigenvalue weighted by Gasteiger charge is 2.48. The number of methoxy groups -OCH3 is 1. The maximum absolute atomic E-state index is 12.1. The summed E-state index contributed by atoms with van der Waals surface area (Å²) >= 11 is 0. The SMILES string of the molecule is C=CC[C@@H]1[C@@H](CC)C(=O)N1C(C(=O)OC)=C(C)C. The molecular formula is C14H21NO3. The van der Waals surface area contributed by atoms with E-state index in [9.17, 15) is 9.59 Å². The van der Waals surface area contributed by atoms with Crippen molar-refractivity contribution in [2.45, 2.75) is 39.7 Å². The lowest BCUT2D eigenvalue weighted by Crippen LogP contribution is -2.60. The Morgan fingerprint density at radius 1 is 1.50 bits per heavy atom. The van der Waals surface area contributed by atoms with Crippen molar-refractivity contribution in [2.24, 2.45) is 5.92 Å². The molecule has 0 aliphatic carbocycles. The Morgan fingerprint density at radius 2 is 2.11 bits per heavy atom. The zero-order valence-electron chi connectivity index (χ0n) is 11.5. The van der Waals surface area contributed by atoms with Crippen molar-refractivity contribution in [3.63, 3.8) is 0 Å². The van der Waals surface area contributed by atoms with Crippen LogP contribution < -0.4 is 0 Å². The summed E-state index contributed by atoms with van der Waals surface area (Å²) in [6.45, 7) is 9.31. The number of nitrogens with zero attached hydrogens (tertiary/aromatic N) is 1. The van der Waals surface area contributed by atoms with Gasteiger partial charge in [0, 0.05) is 0 Å². The van der Waals surface area contributed by atoms with E-state index in [2.05, 4.69) is 6.58 Å². The first-order valence-corrected chi connectivity index (χ1v) is 6.19. The summed E-state index contributed by atoms with van der Waals surface area (Å²) in [6, 6.07) is 0.0315. The van der Waals surface area contributed by atoms with Gasteiger partial charge in [-0.05, 0) is 32.3 Å². The molecule has 0 aromatic rings. The van der Waals surface area contributed by atoms with E-state index in [0.717, 1.165) is 12.0 Å². The van der Waals surface area contributed by atoms with Crippen LogP contribution in [0.25, 0.3) is 0 Å². The summed E-state index contributed by atoms with van der Waals surface area (Å²) in [6.07, 6.45) is 3.26. The number of hydrogen-bond acceptors (Lipinski definition) is 3. The molecule has 0 bridgehead atoms. The molecule has 4 nitrogen and oxygen atoms in total. The van der Waals surface area contributed by atoms with E-state index < -0.39 is 5.97 Å². The number of allylic oxidation sites excluding steroid dienone is 1. The molecule has 1 fully saturated rings. The first-order chi connectivity index (χ1) is 8.49. The second-order valence-corrected chi connectivity index (χ2v) is 4.65. The number of rotatable bonds is 5. The normalized spacial score (nSPS) is 22.2. The molecule has 1 rings (SSSR count). The number of esters is 1. The molecular weight excluding hydrogens is 230 g/mol. The first kappa shape index (κ1) is 14.5. The van der Waals surface area contributed by atoms with Gasteiger partial charge in [0.1, 0.15) is 5.70 Å². The van der Waals surface area contributed by atoms with Crippen molar-refractivity contribution in [1.82, 2.24) is 4.90 Å². The minimum absolute atomic E-state index is 0.00551. The van der Waals surface area contributed by atoms with Crippen molar-refractivity contribution >= 4 is 11.9 Å². The van der Waals surface area contributed by atoms with Gasteiger partial charge in [-0.3, -0.25) is 4.79 Å². The van der Waals surface area contributed by atoms with Gasteiger partial charge in [0.2, 0.25) is 5.91 Å². The number of ether oxygens (including phenoxy) is 1. The van der Waals surface area contributed by atoms with E-state index in [1.54, 1.807) is 11.0 Å². The number of likely N-dealkylation sites (tertiary alicyclic amines) is 1. The van der Waals surface area contributed by atoms with Gasteiger partial charge in [0.05, 0.1) is 19.1 Å². The van der Waals surface area contributed by atoms with Gasteiger partial charge in [-0.1, -0.05) is 13.0 Å². The fraction of sp³-hybridized carbons (Fsp3) is 0.571. The van der Waals surface area contributed by atoms with Gasteiger partial charge in [0.25, 0.3) is 0 Å². The first-order valence-electron chi connectivity index (χ1n) is 6.19. The molecule has 1 amide bonds. The molecule has 0 aromatic carbocycles. The Labute approximate surface area is 108 Å². The van der Waals surface area contributed by atoms with Crippen LogP contribution in [-0.4, -0.2) is 29.9 Å². The summed E-state index contributed by atoms with van der Waals surface area (Å²) in [5.41, 5.74) is 1.16. The van der Waals surface area contributed by atoms with Crippen LogP contribution in [0.3, 0.4) is 0 Å². The van der Waals surface area contributed by atoms with Crippen molar-refractivity contribution in [2.75, 3.05) is 7.11 Å². The second kappa shape index (κ2) is 5.85. The highest BCUT2D eigenvalue weighted by molar-refractivity contribution is 5.98. The van der Waals surface area contributed by atoms with Crippen LogP contribution in [0.1, 0.15) is 33.6 Å². The fourth-order valence-electron chi connectivity index (χ4n) is 2.41. The molecule has 0 spiro atoms. The lowest BCUT2D eigenvalue weighted by Gasteiger charge is -2.47. The maximum atomic E-state index is 12.1. The zero-order chi connectivity index (χ0) is 13.9. The number of carbonyl (C=O) groups is 2. The average Bonchev–Trinajstić information content (AvgIpc) is 2.34. The van der Waals surface area contributed by atoms with E-state index in [4.69, 9.17) is 4.74 Å². The average molecular weight is 251 g/mol. The fourth-order valence-corrected chi connectivity index (χ4v) is 2.41. The lowest BCUT2D eigenvalue weighted by atomic mass is 9.82. The van der Waals surface area contributed by atoms with Gasteiger partial charge < -0.3 is 9.64 Å². The third-order valence-corrected chi connectivity index (χ3v) is 3.29. The van der Waals surface area contributed by atoms with Crippen molar-refractivity contribution in [1.29, 1.82) is 0 Å². The number of β-lactam (4-membered cyclic amide) rings is 1. The van der Waals surface area contributed by atoms with Crippen LogP contribution in [-0.2, 0) is 14.3 Å². The summed E-state index contributed by atoms with van der Waals surface area (Å²) in [5.74, 6) is -0.458. The van der Waals surface area contributed by atoms with E-state index in [0.29, 0.717) is 12.1 Å². The molecule has 0 aromatic heterocycles. The van der Waals surface area contributed by atoms with Gasteiger partial charge in [-0.25, -0.2) is 4.79 Å². The lowest BCUT2D eigenvalue weighted by molar-refractivity contribution is -0.158. The van der Waals surface area contributed by atoms with Crippen molar-refractivity contribution < 1.29 is 14.3 Å². The maximum Gasteiger partial charge on any atom is 0.354 e. The zero-order valence-corrected chi connectivity index (χ0v) is 11.5. The monoisotopic (exact) mass is 251 g/mol. The van der Waals surface area contributed by atoms with E-state index >= 15 is 0 Å². The number of amides is 1. The third-order valence-electron chi connectivity index (χ3n) is 3.29. The molecule has 100 valence electrons. The molecule has 1 saturated heterocycles. The standard InChI is InChI=1S/C14H21NO3/c1-6-8-11-10(7-2)13(16)15(11)12(9(3)4)14(17)18-5/h6,10-11H,1,7-8H2,2-5H3/t10-,11-/m1/s1. The summed E-state index contributed by atoms with van der Waals surface area (Å²) in [4.78, 5) is 25.4. The molecule has 1 heterocycles. The molecule has 1 aliphatic rings. The molecule has 0 saturated carbocycles. The highest BCUT2D eigenvalue weighted by Crippen LogP contribution is 2.36. The number of hydrogen-bond donors (Lipinski definition) is 0. The Hall–Kier alpha value is -1.58. The second-order valence-electron chi connectivity index (χ2n) is 4.65. The van der Waals surface area contributed by atoms with Gasteiger partial charge in [-0.15, -0.1) is 6.58 Å². The van der Waals surface area contributed by atoms with Gasteiger partial charge in [0.15, 0.2) is 0 Å². The van der Waals surface area contributed by atoms with Gasteiger partial charge in [-0.2, -0.15) is 0 Å². The predicted molar refractivity (Wildman–Crippen MR) is 69.6 cm³/mol. The largest absolute Gasteiger partial charge is 0.464 e. The highest BCUT2D eigenvalue weighted by atomic mass is 16.5. The van der Waals surface area contributed by atoms with Crippen LogP contribution in [0, 0.1) is 5.92 Å². The Balaban J connectivity index is 3.06. The molecule has 2 atom stereocenters. The molecule has 18 heavy (non-hydrogen) atoms. The topological polar surface area (TPSA) is 46.6 Å². The van der Waals surface area contributed by atoms with Crippen LogP contribution in [0.5, 0.6) is 0 Å². The Kier molecular flexibility index (Phi) is 4.70. The van der Waals surface area contributed by atoms with Crippen LogP contribution in [0.15, 0.2) is 23.9 Å². The minimum atomic E-state index is -0.452. The Morgan fingerprint density at radius 3 is 2.50 bits per heavy atom. The van der Waals surface area contributed by atoms with E-state index in [1.807, 2.05) is 20.8 Å². The molecule has 0 unspecified atom stereocenters. The smallest absolute Gasteiger partial charge is 0.354 e. The van der Waals surface area contributed by atoms with Gasteiger partial charge >= 0.3 is 5.97 Å². The van der Waals surface area contributed by atoms with Crippen LogP contribution in [0.4, 0.5) is 0 Å². The summed E-state index contributed by atoms with van der Waals surface area (Å²) in [7, 11) is 1.33. The van der Waals surface area contributed by atoms with Crippen molar-refractivity contribution in [3.8, 4) is 0 Å². The Bertz CT molecular complexity index is 394.